The van der Waals surface area contributed by atoms with E-state index in [4.69, 9.17) is 5.73 Å². The highest BCUT2D eigenvalue weighted by Gasteiger charge is 2.13. The maximum atomic E-state index is 11.8. The molecule has 1 atom stereocenters. The average molecular weight is 266 g/mol. The van der Waals surface area contributed by atoms with Gasteiger partial charge in [-0.15, -0.1) is 11.3 Å². The first-order chi connectivity index (χ1) is 8.47. The van der Waals surface area contributed by atoms with Gasteiger partial charge in [-0.05, 0) is 13.0 Å². The molecule has 0 bridgehead atoms. The lowest BCUT2D eigenvalue weighted by molar-refractivity contribution is 0.102. The van der Waals surface area contributed by atoms with Gasteiger partial charge in [0.05, 0.1) is 11.8 Å². The Morgan fingerprint density at radius 3 is 2.89 bits per heavy atom. The van der Waals surface area contributed by atoms with Gasteiger partial charge in [0.15, 0.2) is 5.13 Å². The molecule has 0 aliphatic rings. The topological polar surface area (TPSA) is 93.2 Å². The highest BCUT2D eigenvalue weighted by atomic mass is 32.1. The van der Waals surface area contributed by atoms with Crippen LogP contribution in [0.15, 0.2) is 17.6 Å². The van der Waals surface area contributed by atoms with Crippen molar-refractivity contribution in [1.29, 1.82) is 0 Å². The summed E-state index contributed by atoms with van der Waals surface area (Å²) in [6.07, 6.45) is 1.14. The van der Waals surface area contributed by atoms with Crippen LogP contribution in [0.2, 0.25) is 0 Å². The van der Waals surface area contributed by atoms with E-state index in [1.165, 1.54) is 11.3 Å². The van der Waals surface area contributed by atoms with E-state index in [0.29, 0.717) is 16.5 Å². The predicted octanol–water partition coefficient (Wildman–Crippen LogP) is 1.37. The Hall–Kier alpha value is -1.86. The summed E-state index contributed by atoms with van der Waals surface area (Å²) in [6, 6.07) is 1.72. The molecule has 0 radical (unpaired) electrons. The number of nitrogens with two attached hydrogens (primary N) is 1. The molecule has 2 rings (SSSR count). The van der Waals surface area contributed by atoms with Crippen LogP contribution >= 0.6 is 11.3 Å². The van der Waals surface area contributed by atoms with E-state index in [0.717, 1.165) is 5.69 Å². The number of aromatic nitrogens is 2. The van der Waals surface area contributed by atoms with Crippen molar-refractivity contribution in [1.82, 2.24) is 9.55 Å². The van der Waals surface area contributed by atoms with E-state index in [1.54, 1.807) is 36.2 Å². The smallest absolute Gasteiger partial charge is 0.275 e. The van der Waals surface area contributed by atoms with Crippen molar-refractivity contribution in [3.8, 4) is 0 Å². The number of rotatable bonds is 3. The van der Waals surface area contributed by atoms with E-state index in [9.17, 15) is 9.90 Å². The maximum Gasteiger partial charge on any atom is 0.275 e. The molecule has 0 spiro atoms. The van der Waals surface area contributed by atoms with Gasteiger partial charge < -0.3 is 20.7 Å². The second-order valence-corrected chi connectivity index (χ2v) is 4.86. The number of thiazole rings is 1. The minimum Gasteiger partial charge on any atom is -0.387 e. The maximum absolute atomic E-state index is 11.8. The molecule has 1 amide bonds. The number of carbonyl (C=O) groups is 1. The second-order valence-electron chi connectivity index (χ2n) is 3.97. The number of carbonyl (C=O) groups excluding carboxylic acids is 1. The number of nitrogens with zero attached hydrogens (tertiary/aromatic N) is 2. The lowest BCUT2D eigenvalue weighted by Gasteiger charge is -2.03. The van der Waals surface area contributed by atoms with Crippen LogP contribution < -0.4 is 11.1 Å². The third-order valence-corrected chi connectivity index (χ3v) is 3.16. The lowest BCUT2D eigenvalue weighted by Crippen LogP contribution is -2.11. The van der Waals surface area contributed by atoms with E-state index < -0.39 is 6.10 Å². The van der Waals surface area contributed by atoms with Crippen LogP contribution in [-0.2, 0) is 7.05 Å². The minimum atomic E-state index is -0.587. The molecule has 6 nitrogen and oxygen atoms in total. The molecule has 0 fully saturated rings. The van der Waals surface area contributed by atoms with Crippen molar-refractivity contribution in [3.05, 3.63) is 29.0 Å². The first-order valence-electron chi connectivity index (χ1n) is 5.34. The molecule has 2 aromatic heterocycles. The molecule has 0 saturated carbocycles. The molecule has 18 heavy (non-hydrogen) atoms. The number of aliphatic hydroxyl groups is 1. The zero-order valence-corrected chi connectivity index (χ0v) is 10.9. The molecule has 2 aromatic rings. The monoisotopic (exact) mass is 266 g/mol. The van der Waals surface area contributed by atoms with Gasteiger partial charge in [0.2, 0.25) is 0 Å². The number of aryl methyl sites for hydroxylation is 1. The van der Waals surface area contributed by atoms with Crippen LogP contribution in [-0.4, -0.2) is 20.6 Å². The fourth-order valence-electron chi connectivity index (χ4n) is 1.65. The highest BCUT2D eigenvalue weighted by molar-refractivity contribution is 7.13. The van der Waals surface area contributed by atoms with Crippen LogP contribution in [0.3, 0.4) is 0 Å². The van der Waals surface area contributed by atoms with Crippen LogP contribution in [0.25, 0.3) is 0 Å². The molecule has 7 heteroatoms. The van der Waals surface area contributed by atoms with Gasteiger partial charge in [-0.3, -0.25) is 4.79 Å². The van der Waals surface area contributed by atoms with Crippen LogP contribution in [0.4, 0.5) is 10.8 Å². The van der Waals surface area contributed by atoms with Gasteiger partial charge in [0, 0.05) is 24.3 Å². The van der Waals surface area contributed by atoms with Crippen molar-refractivity contribution >= 4 is 28.1 Å². The number of nitrogen functional groups attached to an aromatic ring is 1. The number of anilines is 2. The Balaban J connectivity index is 2.14. The molecular formula is C11H14N4O2S. The Bertz CT molecular complexity index is 573. The van der Waals surface area contributed by atoms with E-state index >= 15 is 0 Å². The molecule has 0 aliphatic carbocycles. The molecule has 0 saturated heterocycles. The van der Waals surface area contributed by atoms with Gasteiger partial charge in [-0.1, -0.05) is 0 Å². The van der Waals surface area contributed by atoms with Crippen LogP contribution in [0.5, 0.6) is 0 Å². The molecule has 2 heterocycles. The van der Waals surface area contributed by atoms with Crippen molar-refractivity contribution in [2.24, 2.45) is 7.05 Å². The molecule has 96 valence electrons. The zero-order valence-electron chi connectivity index (χ0n) is 10.0. The summed E-state index contributed by atoms with van der Waals surface area (Å²) < 4.78 is 1.76. The summed E-state index contributed by atoms with van der Waals surface area (Å²) >= 11 is 1.22. The number of amides is 1. The van der Waals surface area contributed by atoms with Gasteiger partial charge in [-0.2, -0.15) is 0 Å². The fourth-order valence-corrected chi connectivity index (χ4v) is 2.20. The number of hydrogen-bond donors (Lipinski definition) is 3. The number of aliphatic hydroxyl groups excluding tert-OH is 1. The summed E-state index contributed by atoms with van der Waals surface area (Å²) in [5.74, 6) is -0.314. The number of nitrogens with one attached hydrogen (secondary N) is 1. The summed E-state index contributed by atoms with van der Waals surface area (Å²) in [7, 11) is 1.80. The summed E-state index contributed by atoms with van der Waals surface area (Å²) in [5, 5.41) is 14.2. The third kappa shape index (κ3) is 2.52. The Morgan fingerprint density at radius 1 is 1.67 bits per heavy atom. The molecule has 1 unspecified atom stereocenters. The Kier molecular flexibility index (Phi) is 3.35. The van der Waals surface area contributed by atoms with E-state index in [-0.39, 0.29) is 5.91 Å². The van der Waals surface area contributed by atoms with Gasteiger partial charge in [0.1, 0.15) is 5.69 Å². The summed E-state index contributed by atoms with van der Waals surface area (Å²) in [4.78, 5) is 15.7. The third-order valence-electron chi connectivity index (χ3n) is 2.48. The number of hydrogen-bond acceptors (Lipinski definition) is 5. The normalized spacial score (nSPS) is 12.4. The Labute approximate surface area is 108 Å². The van der Waals surface area contributed by atoms with Crippen LogP contribution in [0.1, 0.15) is 29.2 Å². The van der Waals surface area contributed by atoms with Gasteiger partial charge in [-0.25, -0.2) is 4.98 Å². The molecule has 4 N–H and O–H groups in total. The van der Waals surface area contributed by atoms with Crippen molar-refractivity contribution in [2.45, 2.75) is 13.0 Å². The zero-order chi connectivity index (χ0) is 13.3. The second kappa shape index (κ2) is 4.79. The largest absolute Gasteiger partial charge is 0.387 e. The van der Waals surface area contributed by atoms with E-state index in [2.05, 4.69) is 10.3 Å². The molecular weight excluding hydrogens is 252 g/mol. The van der Waals surface area contributed by atoms with Crippen molar-refractivity contribution in [2.75, 3.05) is 11.1 Å². The van der Waals surface area contributed by atoms with E-state index in [1.807, 2.05) is 0 Å². The van der Waals surface area contributed by atoms with Crippen molar-refractivity contribution in [3.63, 3.8) is 0 Å². The summed E-state index contributed by atoms with van der Waals surface area (Å²) in [6.45, 7) is 1.67. The molecule has 0 aromatic carbocycles. The average Bonchev–Trinajstić information content (AvgIpc) is 2.85. The Morgan fingerprint density at radius 2 is 2.39 bits per heavy atom. The first-order valence-corrected chi connectivity index (χ1v) is 6.22. The van der Waals surface area contributed by atoms with Crippen LogP contribution in [0, 0.1) is 0 Å². The highest BCUT2D eigenvalue weighted by Crippen LogP contribution is 2.20. The van der Waals surface area contributed by atoms with Gasteiger partial charge >= 0.3 is 0 Å². The van der Waals surface area contributed by atoms with Gasteiger partial charge in [0.25, 0.3) is 5.91 Å². The summed E-state index contributed by atoms with van der Waals surface area (Å²) in [5.41, 5.74) is 7.10. The van der Waals surface area contributed by atoms with Crippen molar-refractivity contribution < 1.29 is 9.90 Å². The minimum absolute atomic E-state index is 0.292. The lowest BCUT2D eigenvalue weighted by atomic mass is 10.3. The standard InChI is InChI=1S/C11H14N4O2S/c1-6(16)9-3-7(4-15(9)2)13-10(17)8-5-18-11(12)14-8/h3-6,16H,1-2H3,(H2,12,14)(H,13,17). The SMILES string of the molecule is CC(O)c1cc(NC(=O)c2csc(N)n2)cn1C. The predicted molar refractivity (Wildman–Crippen MR) is 70.5 cm³/mol. The fraction of sp³-hybridized carbons (Fsp3) is 0.273. The first kappa shape index (κ1) is 12.6. The quantitative estimate of drug-likeness (QED) is 0.782. The molecule has 0 aliphatic heterocycles.